The number of benzene rings is 1. The van der Waals surface area contributed by atoms with Gasteiger partial charge in [-0.15, -0.1) is 0 Å². The van der Waals surface area contributed by atoms with Gasteiger partial charge in [0.25, 0.3) is 0 Å². The number of anilines is 1. The Balaban J connectivity index is 1.88. The highest BCUT2D eigenvalue weighted by molar-refractivity contribution is 9.10. The minimum Gasteiger partial charge on any atom is -0.504 e. The van der Waals surface area contributed by atoms with Crippen LogP contribution in [0.4, 0.5) is 5.69 Å². The molecule has 112 valence electrons. The molecule has 0 unspecified atom stereocenters. The van der Waals surface area contributed by atoms with Crippen LogP contribution in [0.2, 0.25) is 0 Å². The minimum atomic E-state index is 0.145. The van der Waals surface area contributed by atoms with Crippen molar-refractivity contribution in [3.05, 3.63) is 52.8 Å². The first-order chi connectivity index (χ1) is 10.7. The molecule has 0 bridgehead atoms. The standard InChI is InChI=1S/C16H14BrN3O2/c1-22-14-4-2-3-10(16(14)21)8-19-12-5-6-18-13-7-11(17)9-20-15(12)13/h2-7,9,21H,8H2,1H3,(H,18,19). The molecule has 22 heavy (non-hydrogen) atoms. The summed E-state index contributed by atoms with van der Waals surface area (Å²) in [6.45, 7) is 0.458. The van der Waals surface area contributed by atoms with Gasteiger partial charge in [0.15, 0.2) is 11.5 Å². The number of phenolic OH excluding ortho intramolecular Hbond substituents is 1. The number of hydrogen-bond donors (Lipinski definition) is 2. The maximum atomic E-state index is 10.1. The molecular weight excluding hydrogens is 346 g/mol. The molecule has 0 amide bonds. The van der Waals surface area contributed by atoms with Gasteiger partial charge in [-0.05, 0) is 34.1 Å². The first-order valence-electron chi connectivity index (χ1n) is 6.68. The molecule has 5 nitrogen and oxygen atoms in total. The molecule has 0 aliphatic carbocycles. The molecule has 2 aromatic heterocycles. The summed E-state index contributed by atoms with van der Waals surface area (Å²) in [6.07, 6.45) is 3.46. The molecule has 0 fully saturated rings. The van der Waals surface area contributed by atoms with Crippen LogP contribution >= 0.6 is 15.9 Å². The number of para-hydroxylation sites is 1. The number of aromatic nitrogens is 2. The summed E-state index contributed by atoms with van der Waals surface area (Å²) in [4.78, 5) is 8.69. The number of pyridine rings is 2. The number of ether oxygens (including phenoxy) is 1. The SMILES string of the molecule is COc1cccc(CNc2ccnc3cc(Br)cnc23)c1O. The lowest BCUT2D eigenvalue weighted by molar-refractivity contribution is 0.371. The summed E-state index contributed by atoms with van der Waals surface area (Å²) >= 11 is 3.39. The van der Waals surface area contributed by atoms with E-state index in [4.69, 9.17) is 4.74 Å². The third-order valence-corrected chi connectivity index (χ3v) is 3.75. The summed E-state index contributed by atoms with van der Waals surface area (Å²) < 4.78 is 6.00. The highest BCUT2D eigenvalue weighted by atomic mass is 79.9. The fraction of sp³-hybridized carbons (Fsp3) is 0.125. The number of nitrogens with zero attached hydrogens (tertiary/aromatic N) is 2. The van der Waals surface area contributed by atoms with Crippen LogP contribution in [0.15, 0.2) is 47.2 Å². The van der Waals surface area contributed by atoms with E-state index in [2.05, 4.69) is 31.2 Å². The average Bonchev–Trinajstić information content (AvgIpc) is 2.53. The number of phenols is 1. The van der Waals surface area contributed by atoms with E-state index in [-0.39, 0.29) is 5.75 Å². The molecular formula is C16H14BrN3O2. The van der Waals surface area contributed by atoms with E-state index in [9.17, 15) is 5.11 Å². The molecule has 2 heterocycles. The fourth-order valence-electron chi connectivity index (χ4n) is 2.21. The molecule has 0 aliphatic heterocycles. The monoisotopic (exact) mass is 359 g/mol. The molecule has 0 atom stereocenters. The van der Waals surface area contributed by atoms with Crippen molar-refractivity contribution in [3.63, 3.8) is 0 Å². The van der Waals surface area contributed by atoms with Gasteiger partial charge in [-0.3, -0.25) is 9.97 Å². The van der Waals surface area contributed by atoms with E-state index < -0.39 is 0 Å². The maximum absolute atomic E-state index is 10.1. The van der Waals surface area contributed by atoms with Gasteiger partial charge in [-0.1, -0.05) is 12.1 Å². The number of nitrogens with one attached hydrogen (secondary N) is 1. The van der Waals surface area contributed by atoms with Crippen molar-refractivity contribution in [1.82, 2.24) is 9.97 Å². The van der Waals surface area contributed by atoms with Crippen LogP contribution < -0.4 is 10.1 Å². The van der Waals surface area contributed by atoms with Crippen molar-refractivity contribution < 1.29 is 9.84 Å². The number of aromatic hydroxyl groups is 1. The average molecular weight is 360 g/mol. The van der Waals surface area contributed by atoms with Crippen LogP contribution in [0.25, 0.3) is 11.0 Å². The van der Waals surface area contributed by atoms with Crippen molar-refractivity contribution in [2.24, 2.45) is 0 Å². The smallest absolute Gasteiger partial charge is 0.162 e. The Morgan fingerprint density at radius 1 is 1.27 bits per heavy atom. The first-order valence-corrected chi connectivity index (χ1v) is 7.47. The topological polar surface area (TPSA) is 67.3 Å². The summed E-state index contributed by atoms with van der Waals surface area (Å²) in [5.74, 6) is 0.604. The Labute approximate surface area is 136 Å². The number of methoxy groups -OCH3 is 1. The van der Waals surface area contributed by atoms with Gasteiger partial charge < -0.3 is 15.2 Å². The van der Waals surface area contributed by atoms with Gasteiger partial charge in [0.05, 0.1) is 18.3 Å². The summed E-state index contributed by atoms with van der Waals surface area (Å²) in [7, 11) is 1.53. The predicted octanol–water partition coefficient (Wildman–Crippen LogP) is 3.72. The summed E-state index contributed by atoms with van der Waals surface area (Å²) in [6, 6.07) is 9.19. The van der Waals surface area contributed by atoms with Gasteiger partial charge >= 0.3 is 0 Å². The zero-order valence-electron chi connectivity index (χ0n) is 11.9. The third-order valence-electron chi connectivity index (χ3n) is 3.32. The zero-order valence-corrected chi connectivity index (χ0v) is 13.5. The largest absolute Gasteiger partial charge is 0.504 e. The molecule has 1 aromatic carbocycles. The molecule has 0 spiro atoms. The molecule has 3 aromatic rings. The van der Waals surface area contributed by atoms with Gasteiger partial charge in [-0.25, -0.2) is 0 Å². The van der Waals surface area contributed by atoms with Crippen molar-refractivity contribution in [3.8, 4) is 11.5 Å². The molecule has 3 rings (SSSR count). The van der Waals surface area contributed by atoms with Crippen LogP contribution in [-0.2, 0) is 6.54 Å². The Kier molecular flexibility index (Phi) is 4.11. The lowest BCUT2D eigenvalue weighted by Crippen LogP contribution is -2.02. The Morgan fingerprint density at radius 2 is 2.14 bits per heavy atom. The molecule has 0 saturated carbocycles. The van der Waals surface area contributed by atoms with Gasteiger partial charge in [0, 0.05) is 29.0 Å². The van der Waals surface area contributed by atoms with Gasteiger partial charge in [-0.2, -0.15) is 0 Å². The quantitative estimate of drug-likeness (QED) is 0.742. The van der Waals surface area contributed by atoms with E-state index >= 15 is 0 Å². The Hall–Kier alpha value is -2.34. The molecule has 0 saturated heterocycles. The predicted molar refractivity (Wildman–Crippen MR) is 89.2 cm³/mol. The highest BCUT2D eigenvalue weighted by Gasteiger charge is 2.08. The second-order valence-electron chi connectivity index (χ2n) is 4.70. The third kappa shape index (κ3) is 2.82. The van der Waals surface area contributed by atoms with Crippen LogP contribution in [0.5, 0.6) is 11.5 Å². The van der Waals surface area contributed by atoms with Crippen LogP contribution in [-0.4, -0.2) is 22.2 Å². The van der Waals surface area contributed by atoms with Crippen LogP contribution in [0.3, 0.4) is 0 Å². The zero-order chi connectivity index (χ0) is 15.5. The lowest BCUT2D eigenvalue weighted by atomic mass is 10.1. The van der Waals surface area contributed by atoms with Crippen molar-refractivity contribution in [2.75, 3.05) is 12.4 Å². The maximum Gasteiger partial charge on any atom is 0.162 e. The van der Waals surface area contributed by atoms with Crippen LogP contribution in [0, 0.1) is 0 Å². The molecule has 0 aliphatic rings. The van der Waals surface area contributed by atoms with E-state index in [0.717, 1.165) is 26.8 Å². The molecule has 6 heteroatoms. The van der Waals surface area contributed by atoms with E-state index in [0.29, 0.717) is 12.3 Å². The van der Waals surface area contributed by atoms with Crippen molar-refractivity contribution in [1.29, 1.82) is 0 Å². The number of hydrogen-bond acceptors (Lipinski definition) is 5. The lowest BCUT2D eigenvalue weighted by Gasteiger charge is -2.11. The first kappa shape index (κ1) is 14.6. The highest BCUT2D eigenvalue weighted by Crippen LogP contribution is 2.30. The Morgan fingerprint density at radius 3 is 2.95 bits per heavy atom. The van der Waals surface area contributed by atoms with Crippen LogP contribution in [0.1, 0.15) is 5.56 Å². The van der Waals surface area contributed by atoms with Crippen molar-refractivity contribution in [2.45, 2.75) is 6.54 Å². The molecule has 2 N–H and O–H groups in total. The Bertz CT molecular complexity index is 824. The molecule has 0 radical (unpaired) electrons. The second-order valence-corrected chi connectivity index (χ2v) is 5.62. The van der Waals surface area contributed by atoms with E-state index in [1.165, 1.54) is 7.11 Å². The second kappa shape index (κ2) is 6.19. The number of fused-ring (bicyclic) bond motifs is 1. The summed E-state index contributed by atoms with van der Waals surface area (Å²) in [5.41, 5.74) is 3.20. The fourth-order valence-corrected chi connectivity index (χ4v) is 2.53. The normalized spacial score (nSPS) is 10.6. The number of rotatable bonds is 4. The minimum absolute atomic E-state index is 0.145. The number of halogens is 1. The van der Waals surface area contributed by atoms with E-state index in [1.54, 1.807) is 18.5 Å². The van der Waals surface area contributed by atoms with Gasteiger partial charge in [0.2, 0.25) is 0 Å². The summed E-state index contributed by atoms with van der Waals surface area (Å²) in [5, 5.41) is 13.4. The van der Waals surface area contributed by atoms with Crippen molar-refractivity contribution >= 4 is 32.7 Å². The van der Waals surface area contributed by atoms with E-state index in [1.807, 2.05) is 24.3 Å². The van der Waals surface area contributed by atoms with Gasteiger partial charge in [0.1, 0.15) is 5.52 Å².